The lowest BCUT2D eigenvalue weighted by Crippen LogP contribution is -2.09. The molecule has 0 amide bonds. The number of aromatic nitrogens is 1. The summed E-state index contributed by atoms with van der Waals surface area (Å²) in [7, 11) is 0. The molecule has 1 unspecified atom stereocenters. The molecule has 0 saturated carbocycles. The van der Waals surface area contributed by atoms with Gasteiger partial charge in [0, 0.05) is 6.07 Å². The summed E-state index contributed by atoms with van der Waals surface area (Å²) in [5.41, 5.74) is -0.952. The minimum atomic E-state index is -0.692. The minimum Gasteiger partial charge on any atom is -0.450 e. The lowest BCUT2D eigenvalue weighted by Gasteiger charge is -2.08. The number of fused-ring (bicyclic) bond motifs is 1. The largest absolute Gasteiger partial charge is 0.450 e. The van der Waals surface area contributed by atoms with Crippen molar-refractivity contribution in [3.05, 3.63) is 38.7 Å². The van der Waals surface area contributed by atoms with Gasteiger partial charge in [-0.05, 0) is 18.4 Å². The summed E-state index contributed by atoms with van der Waals surface area (Å²) < 4.78 is 10.2. The number of benzene rings is 1. The van der Waals surface area contributed by atoms with Gasteiger partial charge in [-0.1, -0.05) is 26.3 Å². The maximum absolute atomic E-state index is 11.8. The number of non-ortho nitro benzene ring substituents is 1. The van der Waals surface area contributed by atoms with Gasteiger partial charge in [0.15, 0.2) is 5.52 Å². The van der Waals surface area contributed by atoms with Gasteiger partial charge < -0.3 is 9.15 Å². The van der Waals surface area contributed by atoms with E-state index in [9.17, 15) is 14.9 Å². The third-order valence-corrected chi connectivity index (χ3v) is 3.35. The van der Waals surface area contributed by atoms with Crippen LogP contribution in [-0.4, -0.2) is 16.5 Å². The smallest absolute Gasteiger partial charge is 0.397 e. The number of hydrogen-bond donors (Lipinski definition) is 0. The van der Waals surface area contributed by atoms with Crippen LogP contribution in [0.15, 0.2) is 27.4 Å². The van der Waals surface area contributed by atoms with Crippen molar-refractivity contribution in [2.75, 3.05) is 6.61 Å². The quantitative estimate of drug-likeness (QED) is 0.600. The van der Waals surface area contributed by atoms with Crippen molar-refractivity contribution in [3.8, 4) is 6.08 Å². The first-order valence-electron chi connectivity index (χ1n) is 6.74. The van der Waals surface area contributed by atoms with E-state index in [1.54, 1.807) is 0 Å². The van der Waals surface area contributed by atoms with Crippen molar-refractivity contribution in [1.82, 2.24) is 4.98 Å². The molecule has 7 heteroatoms. The Morgan fingerprint density at radius 1 is 1.48 bits per heavy atom. The molecule has 1 heterocycles. The first-order valence-corrected chi connectivity index (χ1v) is 6.74. The molecule has 7 nitrogen and oxygen atoms in total. The number of nitro groups is 1. The fraction of sp³-hybridized carbons (Fsp3) is 0.429. The molecular weight excluding hydrogens is 276 g/mol. The van der Waals surface area contributed by atoms with Crippen LogP contribution in [0.1, 0.15) is 26.7 Å². The Morgan fingerprint density at radius 3 is 2.90 bits per heavy atom. The molecule has 2 rings (SSSR count). The van der Waals surface area contributed by atoms with Gasteiger partial charge in [0.25, 0.3) is 5.69 Å². The summed E-state index contributed by atoms with van der Waals surface area (Å²) in [4.78, 5) is 26.2. The Kier molecular flexibility index (Phi) is 4.52. The Balaban J connectivity index is 2.32. The van der Waals surface area contributed by atoms with Crippen LogP contribution in [0.5, 0.6) is 6.08 Å². The van der Waals surface area contributed by atoms with Gasteiger partial charge in [-0.2, -0.15) is 4.98 Å². The number of hydrogen-bond acceptors (Lipinski definition) is 6. The zero-order valence-electron chi connectivity index (χ0n) is 11.9. The number of para-hydroxylation sites is 1. The predicted molar refractivity (Wildman–Crippen MR) is 76.5 cm³/mol. The van der Waals surface area contributed by atoms with Gasteiger partial charge in [-0.25, -0.2) is 4.79 Å². The zero-order chi connectivity index (χ0) is 15.4. The predicted octanol–water partition coefficient (Wildman–Crippen LogP) is 2.91. The van der Waals surface area contributed by atoms with Gasteiger partial charge in [-0.15, -0.1) is 0 Å². The summed E-state index contributed by atoms with van der Waals surface area (Å²) in [6.07, 6.45) is 1.57. The molecule has 0 N–H and O–H groups in total. The second-order valence-electron chi connectivity index (χ2n) is 4.85. The molecule has 0 aliphatic heterocycles. The van der Waals surface area contributed by atoms with Crippen LogP contribution in [0.4, 0.5) is 5.69 Å². The Morgan fingerprint density at radius 2 is 2.24 bits per heavy atom. The molecule has 0 spiro atoms. The number of nitrogens with zero attached hydrogens (tertiary/aromatic N) is 2. The molecule has 0 bridgehead atoms. The van der Waals surface area contributed by atoms with E-state index >= 15 is 0 Å². The van der Waals surface area contributed by atoms with E-state index in [0.29, 0.717) is 12.5 Å². The maximum atomic E-state index is 11.8. The van der Waals surface area contributed by atoms with Crippen LogP contribution in [0.25, 0.3) is 10.9 Å². The van der Waals surface area contributed by atoms with Crippen molar-refractivity contribution in [2.24, 2.45) is 5.92 Å². The van der Waals surface area contributed by atoms with Crippen molar-refractivity contribution in [3.63, 3.8) is 0 Å². The molecule has 0 saturated heterocycles. The molecule has 0 aliphatic rings. The van der Waals surface area contributed by atoms with E-state index in [1.807, 2.05) is 0 Å². The zero-order valence-corrected chi connectivity index (χ0v) is 11.9. The normalized spacial score (nSPS) is 12.3. The second-order valence-corrected chi connectivity index (χ2v) is 4.85. The fourth-order valence-electron chi connectivity index (χ4n) is 1.82. The number of nitro benzene ring substituents is 1. The van der Waals surface area contributed by atoms with Crippen molar-refractivity contribution in [2.45, 2.75) is 26.7 Å². The van der Waals surface area contributed by atoms with Crippen molar-refractivity contribution >= 4 is 16.6 Å². The third kappa shape index (κ3) is 3.36. The van der Waals surface area contributed by atoms with Crippen LogP contribution in [-0.2, 0) is 0 Å². The second kappa shape index (κ2) is 6.34. The summed E-state index contributed by atoms with van der Waals surface area (Å²) in [5.74, 6) is 0.478. The first kappa shape index (κ1) is 15.0. The van der Waals surface area contributed by atoms with E-state index in [-0.39, 0.29) is 22.7 Å². The molecule has 2 aromatic rings. The van der Waals surface area contributed by atoms with Gasteiger partial charge in [-0.3, -0.25) is 10.1 Å². The SMILES string of the molecule is CCC(C)CCOc1nc2c([N+](=O)[O-])cccc2c(=O)o1. The van der Waals surface area contributed by atoms with E-state index in [4.69, 9.17) is 9.15 Å². The Labute approximate surface area is 120 Å². The summed E-state index contributed by atoms with van der Waals surface area (Å²) in [5, 5.41) is 11.0. The highest BCUT2D eigenvalue weighted by atomic mass is 16.6. The average molecular weight is 292 g/mol. The van der Waals surface area contributed by atoms with E-state index in [0.717, 1.165) is 12.8 Å². The third-order valence-electron chi connectivity index (χ3n) is 3.35. The summed E-state index contributed by atoms with van der Waals surface area (Å²) in [6.45, 7) is 4.50. The molecule has 0 radical (unpaired) electrons. The molecule has 112 valence electrons. The van der Waals surface area contributed by atoms with Crippen LogP contribution in [0, 0.1) is 16.0 Å². The monoisotopic (exact) mass is 292 g/mol. The van der Waals surface area contributed by atoms with Crippen LogP contribution >= 0.6 is 0 Å². The Hall–Kier alpha value is -2.44. The molecular formula is C14H16N2O5. The topological polar surface area (TPSA) is 95.5 Å². The van der Waals surface area contributed by atoms with Gasteiger partial charge in [0.05, 0.1) is 16.9 Å². The molecule has 0 fully saturated rings. The number of ether oxygens (including phenoxy) is 1. The van der Waals surface area contributed by atoms with Crippen LogP contribution in [0.2, 0.25) is 0 Å². The van der Waals surface area contributed by atoms with E-state index < -0.39 is 10.5 Å². The van der Waals surface area contributed by atoms with E-state index in [2.05, 4.69) is 18.8 Å². The highest BCUT2D eigenvalue weighted by molar-refractivity contribution is 5.85. The van der Waals surface area contributed by atoms with Crippen molar-refractivity contribution in [1.29, 1.82) is 0 Å². The first-order chi connectivity index (χ1) is 10.0. The summed E-state index contributed by atoms with van der Waals surface area (Å²) >= 11 is 0. The van der Waals surface area contributed by atoms with Crippen LogP contribution in [0.3, 0.4) is 0 Å². The fourth-order valence-corrected chi connectivity index (χ4v) is 1.82. The molecule has 1 aromatic heterocycles. The van der Waals surface area contributed by atoms with Crippen LogP contribution < -0.4 is 10.4 Å². The average Bonchev–Trinajstić information content (AvgIpc) is 2.46. The minimum absolute atomic E-state index is 0.0164. The molecule has 1 aromatic carbocycles. The standard InChI is InChI=1S/C14H16N2O5/c1-3-9(2)7-8-20-14-15-12-10(13(17)21-14)5-4-6-11(12)16(18)19/h4-6,9H,3,7-8H2,1-2H3. The van der Waals surface area contributed by atoms with Gasteiger partial charge in [0.2, 0.25) is 0 Å². The van der Waals surface area contributed by atoms with E-state index in [1.165, 1.54) is 18.2 Å². The van der Waals surface area contributed by atoms with Gasteiger partial charge >= 0.3 is 11.7 Å². The molecule has 21 heavy (non-hydrogen) atoms. The molecule has 1 atom stereocenters. The lowest BCUT2D eigenvalue weighted by atomic mass is 10.1. The summed E-state index contributed by atoms with van der Waals surface area (Å²) in [6, 6.07) is 4.14. The maximum Gasteiger partial charge on any atom is 0.397 e. The van der Waals surface area contributed by atoms with Crippen molar-refractivity contribution < 1.29 is 14.1 Å². The number of rotatable bonds is 6. The Bertz CT molecular complexity index is 710. The van der Waals surface area contributed by atoms with Gasteiger partial charge in [0.1, 0.15) is 0 Å². The molecule has 0 aliphatic carbocycles. The highest BCUT2D eigenvalue weighted by Gasteiger charge is 2.17. The highest BCUT2D eigenvalue weighted by Crippen LogP contribution is 2.23. The lowest BCUT2D eigenvalue weighted by molar-refractivity contribution is -0.383.